The Balaban J connectivity index is 3.19. The van der Waals surface area contributed by atoms with Crippen molar-refractivity contribution < 1.29 is 22.8 Å². The first-order valence-corrected chi connectivity index (χ1v) is 3.94. The molecule has 6 heteroatoms. The molecule has 1 rings (SSSR count). The Morgan fingerprint density at radius 3 is 2.53 bits per heavy atom. The van der Waals surface area contributed by atoms with Crippen LogP contribution in [0.4, 0.5) is 18.9 Å². The van der Waals surface area contributed by atoms with Crippen LogP contribution in [-0.4, -0.2) is 13.4 Å². The van der Waals surface area contributed by atoms with Crippen LogP contribution in [0, 0.1) is 0 Å². The Morgan fingerprint density at radius 1 is 1.40 bits per heavy atom. The van der Waals surface area contributed by atoms with E-state index in [4.69, 9.17) is 0 Å². The summed E-state index contributed by atoms with van der Waals surface area (Å²) in [6, 6.07) is 3.22. The molecule has 0 amide bonds. The lowest BCUT2D eigenvalue weighted by atomic mass is 10.1. The van der Waals surface area contributed by atoms with E-state index in [0.717, 1.165) is 12.1 Å². The van der Waals surface area contributed by atoms with Crippen molar-refractivity contribution in [2.75, 3.05) is 12.6 Å². The van der Waals surface area contributed by atoms with E-state index in [1.54, 1.807) is 0 Å². The summed E-state index contributed by atoms with van der Waals surface area (Å²) in [5, 5.41) is 0. The maximum Gasteiger partial charge on any atom is 0.417 e. The summed E-state index contributed by atoms with van der Waals surface area (Å²) >= 11 is 0. The largest absolute Gasteiger partial charge is 0.417 e. The van der Waals surface area contributed by atoms with Crippen LogP contribution in [0.25, 0.3) is 0 Å². The molecular weight excluding hydrogens is 211 g/mol. The molecule has 0 bridgehead atoms. The second-order valence-electron chi connectivity index (χ2n) is 2.72. The van der Waals surface area contributed by atoms with E-state index in [0.29, 0.717) is 0 Å². The van der Waals surface area contributed by atoms with E-state index in [1.807, 2.05) is 0 Å². The number of hydrogen-bond donors (Lipinski definition) is 1. The number of hydrogen-bond acceptors (Lipinski definition) is 3. The topological polar surface area (TPSA) is 38.3 Å². The summed E-state index contributed by atoms with van der Waals surface area (Å²) in [6.07, 6.45) is -4.39. The number of halogens is 3. The maximum atomic E-state index is 12.4. The Bertz CT molecular complexity index is 363. The van der Waals surface area contributed by atoms with Gasteiger partial charge in [0.2, 0.25) is 0 Å². The molecule has 0 spiro atoms. The van der Waals surface area contributed by atoms with Gasteiger partial charge in [-0.25, -0.2) is 0 Å². The Hall–Kier alpha value is -1.56. The molecule has 15 heavy (non-hydrogen) atoms. The van der Waals surface area contributed by atoms with Crippen LogP contribution >= 0.6 is 0 Å². The number of benzene rings is 1. The average Bonchev–Trinajstić information content (AvgIpc) is 2.17. The minimum atomic E-state index is -4.55. The zero-order valence-corrected chi connectivity index (χ0v) is 7.76. The van der Waals surface area contributed by atoms with Crippen molar-refractivity contribution in [3.63, 3.8) is 0 Å². The normalized spacial score (nSPS) is 11.2. The fourth-order valence-corrected chi connectivity index (χ4v) is 1.09. The number of carbonyl (C=O) groups excluding carboxylic acids is 1. The predicted molar refractivity (Wildman–Crippen MR) is 47.5 cm³/mol. The van der Waals surface area contributed by atoms with Crippen molar-refractivity contribution in [3.05, 3.63) is 29.3 Å². The van der Waals surface area contributed by atoms with Gasteiger partial charge >= 0.3 is 6.18 Å². The number of aldehydes is 1. The summed E-state index contributed by atoms with van der Waals surface area (Å²) in [7, 11) is 1.28. The summed E-state index contributed by atoms with van der Waals surface area (Å²) in [4.78, 5) is 14.9. The Morgan fingerprint density at radius 2 is 2.07 bits per heavy atom. The molecule has 0 atom stereocenters. The van der Waals surface area contributed by atoms with Crippen molar-refractivity contribution in [2.45, 2.75) is 6.18 Å². The van der Waals surface area contributed by atoms with Crippen LogP contribution in [0.3, 0.4) is 0 Å². The van der Waals surface area contributed by atoms with Crippen molar-refractivity contribution >= 4 is 12.0 Å². The highest BCUT2D eigenvalue weighted by Crippen LogP contribution is 2.33. The number of rotatable bonds is 3. The molecule has 3 nitrogen and oxygen atoms in total. The van der Waals surface area contributed by atoms with E-state index in [-0.39, 0.29) is 12.0 Å². The first kappa shape index (κ1) is 11.5. The maximum absolute atomic E-state index is 12.4. The minimum Gasteiger partial charge on any atom is -0.298 e. The van der Waals surface area contributed by atoms with Crippen LogP contribution in [0.15, 0.2) is 18.2 Å². The van der Waals surface area contributed by atoms with Gasteiger partial charge in [0.15, 0.2) is 6.29 Å². The van der Waals surface area contributed by atoms with Crippen LogP contribution in [0.1, 0.15) is 15.9 Å². The van der Waals surface area contributed by atoms with Crippen LogP contribution < -0.4 is 5.48 Å². The number of carbonyl (C=O) groups is 1. The smallest absolute Gasteiger partial charge is 0.298 e. The van der Waals surface area contributed by atoms with Crippen molar-refractivity contribution in [1.29, 1.82) is 0 Å². The molecule has 1 aromatic rings. The molecule has 82 valence electrons. The average molecular weight is 219 g/mol. The fraction of sp³-hybridized carbons (Fsp3) is 0.222. The second-order valence-corrected chi connectivity index (χ2v) is 2.72. The molecule has 0 fully saturated rings. The lowest BCUT2D eigenvalue weighted by Gasteiger charge is -2.11. The monoisotopic (exact) mass is 219 g/mol. The summed E-state index contributed by atoms with van der Waals surface area (Å²) in [5.41, 5.74) is 1.00. The molecule has 0 aromatic heterocycles. The lowest BCUT2D eigenvalue weighted by Crippen LogP contribution is -2.10. The van der Waals surface area contributed by atoms with Gasteiger partial charge in [0.05, 0.1) is 18.4 Å². The highest BCUT2D eigenvalue weighted by molar-refractivity contribution is 5.78. The van der Waals surface area contributed by atoms with Crippen molar-refractivity contribution in [3.8, 4) is 0 Å². The summed E-state index contributed by atoms with van der Waals surface area (Å²) in [6.45, 7) is 0. The number of alkyl halides is 3. The third-order valence-corrected chi connectivity index (χ3v) is 1.71. The predicted octanol–water partition coefficient (Wildman–Crippen LogP) is 2.49. The quantitative estimate of drug-likeness (QED) is 0.627. The molecule has 0 aliphatic carbocycles. The summed E-state index contributed by atoms with van der Waals surface area (Å²) in [5.74, 6) is 0. The van der Waals surface area contributed by atoms with Gasteiger partial charge in [0, 0.05) is 5.56 Å². The third kappa shape index (κ3) is 2.69. The van der Waals surface area contributed by atoms with E-state index in [9.17, 15) is 18.0 Å². The number of anilines is 1. The first-order valence-electron chi connectivity index (χ1n) is 3.94. The van der Waals surface area contributed by atoms with Crippen LogP contribution in [0.5, 0.6) is 0 Å². The first-order chi connectivity index (χ1) is 6.99. The zero-order valence-electron chi connectivity index (χ0n) is 7.76. The molecular formula is C9H8F3NO2. The summed E-state index contributed by atoms with van der Waals surface area (Å²) < 4.78 is 37.3. The number of nitrogens with one attached hydrogen (secondary N) is 1. The molecule has 0 radical (unpaired) electrons. The molecule has 0 aliphatic rings. The van der Waals surface area contributed by atoms with Crippen molar-refractivity contribution in [1.82, 2.24) is 0 Å². The minimum absolute atomic E-state index is 0.135. The molecule has 0 aliphatic heterocycles. The highest BCUT2D eigenvalue weighted by atomic mass is 19.4. The zero-order chi connectivity index (χ0) is 11.5. The highest BCUT2D eigenvalue weighted by Gasteiger charge is 2.33. The van der Waals surface area contributed by atoms with Crippen molar-refractivity contribution in [2.24, 2.45) is 0 Å². The van der Waals surface area contributed by atoms with Gasteiger partial charge in [-0.2, -0.15) is 13.2 Å². The van der Waals surface area contributed by atoms with Gasteiger partial charge in [0.1, 0.15) is 0 Å². The van der Waals surface area contributed by atoms with Gasteiger partial charge < -0.3 is 0 Å². The van der Waals surface area contributed by atoms with Gasteiger partial charge in [-0.15, -0.1) is 0 Å². The van der Waals surface area contributed by atoms with Crippen LogP contribution in [0.2, 0.25) is 0 Å². The molecule has 1 aromatic carbocycles. The van der Waals surface area contributed by atoms with E-state index < -0.39 is 17.3 Å². The molecule has 0 unspecified atom stereocenters. The van der Waals surface area contributed by atoms with E-state index in [2.05, 4.69) is 10.3 Å². The Labute approximate surface area is 83.8 Å². The SMILES string of the molecule is CONc1ccc(C=O)c(C(F)(F)F)c1. The van der Waals surface area contributed by atoms with E-state index in [1.165, 1.54) is 13.2 Å². The lowest BCUT2D eigenvalue weighted by molar-refractivity contribution is -0.137. The molecule has 1 N–H and O–H groups in total. The molecule has 0 saturated carbocycles. The molecule has 0 saturated heterocycles. The van der Waals surface area contributed by atoms with Gasteiger partial charge in [0.25, 0.3) is 0 Å². The standard InChI is InChI=1S/C9H8F3NO2/c1-15-13-7-3-2-6(5-14)8(4-7)9(10,11)12/h2-5,13H,1H3. The van der Waals surface area contributed by atoms with E-state index >= 15 is 0 Å². The Kier molecular flexibility index (Phi) is 3.31. The molecule has 0 heterocycles. The fourth-order valence-electron chi connectivity index (χ4n) is 1.09. The van der Waals surface area contributed by atoms with Gasteiger partial charge in [-0.3, -0.25) is 15.1 Å². The third-order valence-electron chi connectivity index (χ3n) is 1.71. The van der Waals surface area contributed by atoms with Crippen LogP contribution in [-0.2, 0) is 11.0 Å². The van der Waals surface area contributed by atoms with Gasteiger partial charge in [-0.1, -0.05) is 0 Å². The second kappa shape index (κ2) is 4.31. The van der Waals surface area contributed by atoms with Gasteiger partial charge in [-0.05, 0) is 18.2 Å².